The highest BCUT2D eigenvalue weighted by Gasteiger charge is 2.08. The summed E-state index contributed by atoms with van der Waals surface area (Å²) in [7, 11) is 0. The minimum atomic E-state index is -0.231. The first kappa shape index (κ1) is 9.65. The lowest BCUT2D eigenvalue weighted by atomic mass is 10.1. The first-order chi connectivity index (χ1) is 8.36. The Kier molecular flexibility index (Phi) is 2.15. The maximum Gasteiger partial charge on any atom is 0.273 e. The molecular weight excluding hydrogens is 216 g/mol. The molecule has 82 valence electrons. The van der Waals surface area contributed by atoms with Gasteiger partial charge in [0.1, 0.15) is 11.2 Å². The molecule has 0 fully saturated rings. The van der Waals surface area contributed by atoms with Crippen molar-refractivity contribution < 1.29 is 0 Å². The van der Waals surface area contributed by atoms with Gasteiger partial charge in [-0.1, -0.05) is 0 Å². The average molecular weight is 224 g/mol. The molecule has 0 aromatic carbocycles. The number of aromatic nitrogens is 4. The summed E-state index contributed by atoms with van der Waals surface area (Å²) in [5, 5.41) is 7.06. The van der Waals surface area contributed by atoms with Gasteiger partial charge in [-0.3, -0.25) is 14.8 Å². The van der Waals surface area contributed by atoms with Crippen LogP contribution in [0.5, 0.6) is 0 Å². The molecule has 1 N–H and O–H groups in total. The van der Waals surface area contributed by atoms with Crippen LogP contribution in [0.15, 0.2) is 47.7 Å². The summed E-state index contributed by atoms with van der Waals surface area (Å²) >= 11 is 0. The zero-order chi connectivity index (χ0) is 11.7. The summed E-state index contributed by atoms with van der Waals surface area (Å²) in [4.78, 5) is 19.8. The van der Waals surface area contributed by atoms with Crippen LogP contribution in [0, 0.1) is 0 Å². The Labute approximate surface area is 96.2 Å². The van der Waals surface area contributed by atoms with E-state index in [0.29, 0.717) is 16.6 Å². The number of hydrogen-bond acceptors (Lipinski definition) is 4. The lowest BCUT2D eigenvalue weighted by molar-refractivity contribution is 1.01. The fourth-order valence-electron chi connectivity index (χ4n) is 1.71. The van der Waals surface area contributed by atoms with E-state index in [1.165, 1.54) is 0 Å². The third kappa shape index (κ3) is 1.57. The molecule has 0 unspecified atom stereocenters. The molecule has 0 bridgehead atoms. The van der Waals surface area contributed by atoms with Crippen LogP contribution in [-0.2, 0) is 0 Å². The van der Waals surface area contributed by atoms with Crippen molar-refractivity contribution in [2.24, 2.45) is 0 Å². The fraction of sp³-hybridized carbons (Fsp3) is 0. The monoisotopic (exact) mass is 224 g/mol. The van der Waals surface area contributed by atoms with E-state index in [1.807, 2.05) is 12.1 Å². The van der Waals surface area contributed by atoms with Gasteiger partial charge in [0.25, 0.3) is 5.56 Å². The minimum absolute atomic E-state index is 0.231. The van der Waals surface area contributed by atoms with Gasteiger partial charge in [0.2, 0.25) is 0 Å². The maximum absolute atomic E-state index is 11.6. The summed E-state index contributed by atoms with van der Waals surface area (Å²) in [6.07, 6.45) is 5.00. The van der Waals surface area contributed by atoms with E-state index in [2.05, 4.69) is 20.2 Å². The van der Waals surface area contributed by atoms with Gasteiger partial charge in [-0.25, -0.2) is 5.10 Å². The largest absolute Gasteiger partial charge is 0.273 e. The van der Waals surface area contributed by atoms with E-state index < -0.39 is 0 Å². The first-order valence-corrected chi connectivity index (χ1v) is 5.10. The fourth-order valence-corrected chi connectivity index (χ4v) is 1.71. The van der Waals surface area contributed by atoms with Gasteiger partial charge in [0.15, 0.2) is 0 Å². The number of fused-ring (bicyclic) bond motifs is 1. The van der Waals surface area contributed by atoms with E-state index in [-0.39, 0.29) is 5.56 Å². The minimum Gasteiger partial charge on any atom is -0.267 e. The highest BCUT2D eigenvalue weighted by molar-refractivity contribution is 5.89. The topological polar surface area (TPSA) is 71.5 Å². The molecule has 0 saturated carbocycles. The Morgan fingerprint density at radius 2 is 1.88 bits per heavy atom. The maximum atomic E-state index is 11.6. The van der Waals surface area contributed by atoms with Crippen molar-refractivity contribution in [3.05, 3.63) is 53.2 Å². The molecule has 3 heterocycles. The number of nitrogens with zero attached hydrogens (tertiary/aromatic N) is 3. The SMILES string of the molecule is O=c1[nH]nc(-c2ccncc2)c2ncccc12. The molecule has 0 spiro atoms. The number of nitrogens with one attached hydrogen (secondary N) is 1. The van der Waals surface area contributed by atoms with Crippen molar-refractivity contribution in [3.8, 4) is 11.3 Å². The van der Waals surface area contributed by atoms with Crippen molar-refractivity contribution in [2.75, 3.05) is 0 Å². The van der Waals surface area contributed by atoms with Gasteiger partial charge in [0.05, 0.1) is 5.39 Å². The zero-order valence-electron chi connectivity index (χ0n) is 8.79. The summed E-state index contributed by atoms with van der Waals surface area (Å²) in [6.45, 7) is 0. The van der Waals surface area contributed by atoms with Gasteiger partial charge in [-0.2, -0.15) is 5.10 Å². The molecule has 0 aliphatic carbocycles. The number of aromatic amines is 1. The lowest BCUT2D eigenvalue weighted by Crippen LogP contribution is -2.10. The van der Waals surface area contributed by atoms with Crippen LogP contribution in [0.4, 0.5) is 0 Å². The van der Waals surface area contributed by atoms with Crippen LogP contribution < -0.4 is 5.56 Å². The van der Waals surface area contributed by atoms with E-state index in [9.17, 15) is 4.79 Å². The van der Waals surface area contributed by atoms with Crippen LogP contribution in [-0.4, -0.2) is 20.2 Å². The predicted molar refractivity (Wildman–Crippen MR) is 63.4 cm³/mol. The standard InChI is InChI=1S/C12H8N4O/c17-12-9-2-1-5-14-11(9)10(15-16-12)8-3-6-13-7-4-8/h1-7H,(H,16,17). The second-order valence-corrected chi connectivity index (χ2v) is 3.54. The molecule has 0 saturated heterocycles. The van der Waals surface area contributed by atoms with E-state index in [4.69, 9.17) is 0 Å². The molecule has 0 aliphatic rings. The van der Waals surface area contributed by atoms with Crippen LogP contribution in [0.25, 0.3) is 22.2 Å². The van der Waals surface area contributed by atoms with Crippen LogP contribution in [0.1, 0.15) is 0 Å². The third-order valence-corrected chi connectivity index (χ3v) is 2.50. The van der Waals surface area contributed by atoms with Gasteiger partial charge in [0, 0.05) is 24.2 Å². The van der Waals surface area contributed by atoms with Gasteiger partial charge in [-0.05, 0) is 24.3 Å². The number of H-pyrrole nitrogens is 1. The Hall–Kier alpha value is -2.56. The Morgan fingerprint density at radius 3 is 2.71 bits per heavy atom. The second kappa shape index (κ2) is 3.79. The highest BCUT2D eigenvalue weighted by Crippen LogP contribution is 2.20. The van der Waals surface area contributed by atoms with Crippen molar-refractivity contribution in [1.82, 2.24) is 20.2 Å². The summed E-state index contributed by atoms with van der Waals surface area (Å²) < 4.78 is 0. The van der Waals surface area contributed by atoms with Crippen LogP contribution >= 0.6 is 0 Å². The summed E-state index contributed by atoms with van der Waals surface area (Å²) in [5.74, 6) is 0. The zero-order valence-corrected chi connectivity index (χ0v) is 8.79. The Bertz CT molecular complexity index is 721. The van der Waals surface area contributed by atoms with Gasteiger partial charge < -0.3 is 0 Å². The smallest absolute Gasteiger partial charge is 0.267 e. The molecule has 5 heteroatoms. The quantitative estimate of drug-likeness (QED) is 0.677. The Balaban J connectivity index is 2.39. The number of pyridine rings is 2. The predicted octanol–water partition coefficient (Wildman–Crippen LogP) is 1.38. The van der Waals surface area contributed by atoms with E-state index in [1.54, 1.807) is 30.7 Å². The molecular formula is C12H8N4O. The molecule has 0 aliphatic heterocycles. The van der Waals surface area contributed by atoms with Crippen molar-refractivity contribution >= 4 is 10.9 Å². The van der Waals surface area contributed by atoms with Gasteiger partial charge in [-0.15, -0.1) is 0 Å². The van der Waals surface area contributed by atoms with E-state index in [0.717, 1.165) is 5.56 Å². The average Bonchev–Trinajstić information content (AvgIpc) is 2.41. The van der Waals surface area contributed by atoms with Crippen molar-refractivity contribution in [1.29, 1.82) is 0 Å². The highest BCUT2D eigenvalue weighted by atomic mass is 16.1. The second-order valence-electron chi connectivity index (χ2n) is 3.54. The summed E-state index contributed by atoms with van der Waals surface area (Å²) in [5.41, 5.74) is 1.90. The summed E-state index contributed by atoms with van der Waals surface area (Å²) in [6, 6.07) is 7.12. The molecule has 5 nitrogen and oxygen atoms in total. The van der Waals surface area contributed by atoms with Gasteiger partial charge >= 0.3 is 0 Å². The van der Waals surface area contributed by atoms with Crippen molar-refractivity contribution in [3.63, 3.8) is 0 Å². The van der Waals surface area contributed by atoms with Crippen LogP contribution in [0.2, 0.25) is 0 Å². The van der Waals surface area contributed by atoms with Crippen molar-refractivity contribution in [2.45, 2.75) is 0 Å². The third-order valence-electron chi connectivity index (χ3n) is 2.50. The molecule has 3 aromatic heterocycles. The molecule has 0 atom stereocenters. The number of rotatable bonds is 1. The molecule has 17 heavy (non-hydrogen) atoms. The van der Waals surface area contributed by atoms with E-state index >= 15 is 0 Å². The number of hydrogen-bond donors (Lipinski definition) is 1. The molecule has 0 amide bonds. The molecule has 3 rings (SSSR count). The normalized spacial score (nSPS) is 10.6. The molecule has 3 aromatic rings. The first-order valence-electron chi connectivity index (χ1n) is 5.10. The van der Waals surface area contributed by atoms with Crippen LogP contribution in [0.3, 0.4) is 0 Å². The lowest BCUT2D eigenvalue weighted by Gasteiger charge is -2.02. The molecule has 0 radical (unpaired) electrons. The Morgan fingerprint density at radius 1 is 1.06 bits per heavy atom.